The summed E-state index contributed by atoms with van der Waals surface area (Å²) in [6.45, 7) is 3.41. The monoisotopic (exact) mass is 862 g/mol. The summed E-state index contributed by atoms with van der Waals surface area (Å²) in [6, 6.07) is 0. The molecule has 0 saturated heterocycles. The molecule has 10 nitrogen and oxygen atoms in total. The Morgan fingerprint density at radius 3 is 1.75 bits per heavy atom. The van der Waals surface area contributed by atoms with Crippen molar-refractivity contribution >= 4 is 19.8 Å². The third-order valence-corrected chi connectivity index (χ3v) is 10.3. The molecule has 4 N–H and O–H groups in total. The molecule has 0 aliphatic rings. The molecular weight excluding hydrogens is 778 g/mol. The van der Waals surface area contributed by atoms with Gasteiger partial charge in [-0.05, 0) is 70.6 Å². The number of phosphoric acid groups is 1. The van der Waals surface area contributed by atoms with Crippen LogP contribution < -0.4 is 5.73 Å². The number of nitrogens with two attached hydrogens (primary N) is 1. The van der Waals surface area contributed by atoms with Crippen LogP contribution in [0.25, 0.3) is 0 Å². The van der Waals surface area contributed by atoms with E-state index in [1.165, 1.54) is 83.5 Å². The molecule has 0 heterocycles. The van der Waals surface area contributed by atoms with Crippen LogP contribution in [0.1, 0.15) is 174 Å². The minimum atomic E-state index is -4.41. The van der Waals surface area contributed by atoms with Crippen LogP contribution in [0.2, 0.25) is 0 Å². The summed E-state index contributed by atoms with van der Waals surface area (Å²) in [4.78, 5) is 34.9. The van der Waals surface area contributed by atoms with Crippen molar-refractivity contribution in [3.63, 3.8) is 0 Å². The van der Waals surface area contributed by atoms with Crippen molar-refractivity contribution in [1.29, 1.82) is 0 Å². The van der Waals surface area contributed by atoms with Gasteiger partial charge in [-0.25, -0.2) is 4.57 Å². The number of ether oxygens (including phenoxy) is 2. The van der Waals surface area contributed by atoms with Crippen LogP contribution in [0.15, 0.2) is 85.1 Å². The summed E-state index contributed by atoms with van der Waals surface area (Å²) in [5.74, 6) is -0.955. The number of hydrogen-bond donors (Lipinski definition) is 3. The molecule has 0 aromatic carbocycles. The lowest BCUT2D eigenvalue weighted by molar-refractivity contribution is -0.161. The van der Waals surface area contributed by atoms with Gasteiger partial charge in [0.2, 0.25) is 0 Å². The fourth-order valence-corrected chi connectivity index (χ4v) is 6.68. The van der Waals surface area contributed by atoms with Crippen molar-refractivity contribution in [2.75, 3.05) is 26.4 Å². The molecule has 0 saturated carbocycles. The molecule has 0 aliphatic carbocycles. The quantitative estimate of drug-likeness (QED) is 0.0178. The first-order chi connectivity index (χ1) is 29.2. The third-order valence-electron chi connectivity index (χ3n) is 9.36. The SMILES string of the molecule is CC/C=C\CC(O)/C=C/C=C/C/C=C\C/C=C\C/C=C\CCC(=O)O[C@H](COC(=O)CCCCCCCCCCC/C=C\CCCCCCCC)COP(=O)(O)OCCN. The number of rotatable bonds is 42. The van der Waals surface area contributed by atoms with Crippen LogP contribution in [0.5, 0.6) is 0 Å². The lowest BCUT2D eigenvalue weighted by atomic mass is 10.1. The third kappa shape index (κ3) is 43.2. The first kappa shape index (κ1) is 57.1. The molecule has 0 rings (SSSR count). The maximum Gasteiger partial charge on any atom is 0.472 e. The molecule has 11 heteroatoms. The summed E-state index contributed by atoms with van der Waals surface area (Å²) >= 11 is 0. The Kier molecular flexibility index (Phi) is 42.1. The van der Waals surface area contributed by atoms with E-state index < -0.39 is 38.6 Å². The van der Waals surface area contributed by atoms with E-state index in [4.69, 9.17) is 24.3 Å². The molecule has 0 fully saturated rings. The van der Waals surface area contributed by atoms with Crippen molar-refractivity contribution in [2.45, 2.75) is 187 Å². The summed E-state index contributed by atoms with van der Waals surface area (Å²) in [5, 5.41) is 9.84. The van der Waals surface area contributed by atoms with E-state index >= 15 is 0 Å². The summed E-state index contributed by atoms with van der Waals surface area (Å²) < 4.78 is 32.7. The van der Waals surface area contributed by atoms with Crippen molar-refractivity contribution < 1.29 is 42.7 Å². The lowest BCUT2D eigenvalue weighted by Crippen LogP contribution is -2.29. The van der Waals surface area contributed by atoms with Crippen molar-refractivity contribution in [1.82, 2.24) is 0 Å². The zero-order valence-corrected chi connectivity index (χ0v) is 38.4. The molecule has 3 atom stereocenters. The Morgan fingerprint density at radius 2 is 1.15 bits per heavy atom. The number of esters is 2. The van der Waals surface area contributed by atoms with Gasteiger partial charge in [0.15, 0.2) is 6.10 Å². The van der Waals surface area contributed by atoms with E-state index in [2.05, 4.69) is 44.2 Å². The molecule has 60 heavy (non-hydrogen) atoms. The van der Waals surface area contributed by atoms with Crippen LogP contribution in [0.3, 0.4) is 0 Å². The highest BCUT2D eigenvalue weighted by molar-refractivity contribution is 7.47. The van der Waals surface area contributed by atoms with Crippen LogP contribution >= 0.6 is 7.82 Å². The van der Waals surface area contributed by atoms with E-state index in [0.717, 1.165) is 44.9 Å². The zero-order chi connectivity index (χ0) is 44.0. The number of hydrogen-bond acceptors (Lipinski definition) is 9. The smallest absolute Gasteiger partial charge is 0.462 e. The Morgan fingerprint density at radius 1 is 0.600 bits per heavy atom. The largest absolute Gasteiger partial charge is 0.472 e. The van der Waals surface area contributed by atoms with Gasteiger partial charge >= 0.3 is 19.8 Å². The highest BCUT2D eigenvalue weighted by Gasteiger charge is 2.25. The van der Waals surface area contributed by atoms with E-state index in [9.17, 15) is 24.2 Å². The Hall–Kier alpha value is -2.85. The van der Waals surface area contributed by atoms with Crippen LogP contribution in [-0.2, 0) is 32.7 Å². The van der Waals surface area contributed by atoms with Gasteiger partial charge in [0.05, 0.1) is 19.3 Å². The second kappa shape index (κ2) is 44.2. The number of carbonyl (C=O) groups is 2. The molecular formula is C49H84NO9P. The Balaban J connectivity index is 4.28. The van der Waals surface area contributed by atoms with Gasteiger partial charge in [0.1, 0.15) is 6.61 Å². The average molecular weight is 862 g/mol. The van der Waals surface area contributed by atoms with Gasteiger partial charge in [0, 0.05) is 19.4 Å². The van der Waals surface area contributed by atoms with Crippen molar-refractivity contribution in [3.05, 3.63) is 85.1 Å². The van der Waals surface area contributed by atoms with Crippen LogP contribution in [0, 0.1) is 0 Å². The highest BCUT2D eigenvalue weighted by atomic mass is 31.2. The van der Waals surface area contributed by atoms with Gasteiger partial charge in [0.25, 0.3) is 0 Å². The number of allylic oxidation sites excluding steroid dienone is 12. The second-order valence-corrected chi connectivity index (χ2v) is 16.5. The van der Waals surface area contributed by atoms with Gasteiger partial charge in [-0.3, -0.25) is 18.6 Å². The molecule has 0 amide bonds. The second-order valence-electron chi connectivity index (χ2n) is 15.1. The number of carbonyl (C=O) groups excluding carboxylic acids is 2. The zero-order valence-electron chi connectivity index (χ0n) is 37.5. The predicted molar refractivity (Wildman–Crippen MR) is 248 cm³/mol. The Labute approximate surface area is 365 Å². The number of aliphatic hydroxyl groups excluding tert-OH is 1. The van der Waals surface area contributed by atoms with Gasteiger partial charge < -0.3 is 25.2 Å². The predicted octanol–water partition coefficient (Wildman–Crippen LogP) is 12.6. The summed E-state index contributed by atoms with van der Waals surface area (Å²) in [7, 11) is -4.41. The number of aliphatic hydroxyl groups is 1. The van der Waals surface area contributed by atoms with Crippen LogP contribution in [0.4, 0.5) is 0 Å². The normalized spacial score (nSPS) is 14.6. The van der Waals surface area contributed by atoms with Crippen molar-refractivity contribution in [2.24, 2.45) is 5.73 Å². The molecule has 344 valence electrons. The van der Waals surface area contributed by atoms with Gasteiger partial charge in [-0.1, -0.05) is 176 Å². The minimum Gasteiger partial charge on any atom is -0.462 e. The first-order valence-corrected chi connectivity index (χ1v) is 24.7. The summed E-state index contributed by atoms with van der Waals surface area (Å²) in [6.07, 6.45) is 52.4. The molecule has 0 radical (unpaired) electrons. The Bertz CT molecular complexity index is 1270. The van der Waals surface area contributed by atoms with Crippen molar-refractivity contribution in [3.8, 4) is 0 Å². The molecule has 0 aromatic rings. The molecule has 0 bridgehead atoms. The fourth-order valence-electron chi connectivity index (χ4n) is 5.92. The number of phosphoric ester groups is 1. The topological polar surface area (TPSA) is 155 Å². The fraction of sp³-hybridized carbons (Fsp3) is 0.673. The maximum atomic E-state index is 12.6. The van der Waals surface area contributed by atoms with Gasteiger partial charge in [-0.2, -0.15) is 0 Å². The maximum absolute atomic E-state index is 12.6. The summed E-state index contributed by atoms with van der Waals surface area (Å²) in [5.41, 5.74) is 5.35. The molecule has 0 aromatic heterocycles. The minimum absolute atomic E-state index is 0.0312. The van der Waals surface area contributed by atoms with Crippen LogP contribution in [-0.4, -0.2) is 60.5 Å². The lowest BCUT2D eigenvalue weighted by Gasteiger charge is -2.19. The molecule has 0 spiro atoms. The highest BCUT2D eigenvalue weighted by Crippen LogP contribution is 2.43. The number of unbranched alkanes of at least 4 members (excludes halogenated alkanes) is 15. The van der Waals surface area contributed by atoms with E-state index in [1.807, 2.05) is 48.6 Å². The average Bonchev–Trinajstić information content (AvgIpc) is 3.23. The van der Waals surface area contributed by atoms with E-state index in [0.29, 0.717) is 19.3 Å². The standard InChI is InChI=1S/C49H84NO9P/c1-3-5-7-8-9-10-11-12-13-14-15-16-17-20-23-26-29-32-36-40-48(52)56-44-47(45-58-60(54,55)57-43-42-50)59-49(53)41-37-33-30-27-24-21-18-19-22-25-28-31-35-39-46(51)38-34-6-4-2/h6,12-13,19,21-22,24,28,30-31,33-35,39,46-47,51H,3-5,7-11,14-18,20,23,25-27,29,32,36-38,40-45,50H2,1-2H3,(H,54,55)/b13-12-,22-19-,24-21-,31-28+,33-30-,34-6-,39-35+/t46?,47-/m1/s1. The van der Waals surface area contributed by atoms with Gasteiger partial charge in [-0.15, -0.1) is 0 Å². The van der Waals surface area contributed by atoms with E-state index in [1.54, 1.807) is 6.08 Å². The van der Waals surface area contributed by atoms with E-state index in [-0.39, 0.29) is 32.6 Å². The first-order valence-electron chi connectivity index (χ1n) is 23.2. The molecule has 0 aliphatic heterocycles. The molecule has 2 unspecified atom stereocenters.